The van der Waals surface area contributed by atoms with Gasteiger partial charge in [-0.3, -0.25) is 19.2 Å². The first-order valence-corrected chi connectivity index (χ1v) is 16.2. The minimum atomic E-state index is -2.11. The Morgan fingerprint density at radius 3 is 1.85 bits per heavy atom. The number of aliphatic carboxylic acids is 2. The van der Waals surface area contributed by atoms with Gasteiger partial charge in [0.1, 0.15) is 97.9 Å². The van der Waals surface area contributed by atoms with Crippen LogP contribution in [0, 0.1) is 0 Å². The molecule has 11 unspecified atom stereocenters. The molecule has 5 rings (SSSR count). The predicted octanol–water partition coefficient (Wildman–Crippen LogP) is -2.32. The summed E-state index contributed by atoms with van der Waals surface area (Å²) in [5, 5.41) is 113. The highest BCUT2D eigenvalue weighted by Crippen LogP contribution is 2.45. The molecule has 0 bridgehead atoms. The molecular formula is C33H36O22. The smallest absolute Gasteiger partial charge is 0.317 e. The summed E-state index contributed by atoms with van der Waals surface area (Å²) < 4.78 is 38.5. The van der Waals surface area contributed by atoms with Gasteiger partial charge in [0.15, 0.2) is 23.9 Å². The number of hydrogen-bond donors (Lipinski definition) is 11. The van der Waals surface area contributed by atoms with Gasteiger partial charge in [0.2, 0.25) is 6.29 Å². The Balaban J connectivity index is 1.46. The van der Waals surface area contributed by atoms with Crippen LogP contribution in [-0.4, -0.2) is 155 Å². The molecule has 0 amide bonds. The highest BCUT2D eigenvalue weighted by atomic mass is 16.7. The van der Waals surface area contributed by atoms with Crippen molar-refractivity contribution in [2.24, 2.45) is 0 Å². The van der Waals surface area contributed by atoms with Crippen LogP contribution >= 0.6 is 0 Å². The topological polar surface area (TPSA) is 355 Å². The molecule has 11 N–H and O–H groups in total. The first-order valence-electron chi connectivity index (χ1n) is 16.2. The predicted molar refractivity (Wildman–Crippen MR) is 171 cm³/mol. The van der Waals surface area contributed by atoms with Crippen molar-refractivity contribution in [2.75, 3.05) is 13.2 Å². The van der Waals surface area contributed by atoms with Gasteiger partial charge in [-0.25, -0.2) is 0 Å². The van der Waals surface area contributed by atoms with Gasteiger partial charge in [0.25, 0.3) is 0 Å². The molecule has 55 heavy (non-hydrogen) atoms. The van der Waals surface area contributed by atoms with Crippen LogP contribution in [0.1, 0.15) is 30.1 Å². The molecule has 3 aliphatic heterocycles. The van der Waals surface area contributed by atoms with Crippen LogP contribution in [0.2, 0.25) is 0 Å². The van der Waals surface area contributed by atoms with Crippen molar-refractivity contribution in [3.8, 4) is 28.7 Å². The second-order valence-corrected chi connectivity index (χ2v) is 12.4. The van der Waals surface area contributed by atoms with Crippen LogP contribution in [0.5, 0.6) is 28.7 Å². The second kappa shape index (κ2) is 16.9. The molecule has 3 heterocycles. The number of phenols is 4. The van der Waals surface area contributed by atoms with E-state index < -0.39 is 140 Å². The van der Waals surface area contributed by atoms with E-state index in [0.717, 1.165) is 24.3 Å². The zero-order chi connectivity index (χ0) is 40.3. The summed E-state index contributed by atoms with van der Waals surface area (Å²) in [4.78, 5) is 45.7. The molecule has 2 saturated heterocycles. The monoisotopic (exact) mass is 784 g/mol. The van der Waals surface area contributed by atoms with E-state index in [9.17, 15) is 65.1 Å². The largest absolute Gasteiger partial charge is 0.508 e. The summed E-state index contributed by atoms with van der Waals surface area (Å²) >= 11 is 0. The molecule has 2 fully saturated rings. The number of benzene rings is 2. The fraction of sp³-hybridized carbons (Fsp3) is 0.455. The Kier molecular flexibility index (Phi) is 12.5. The van der Waals surface area contributed by atoms with Crippen LogP contribution in [-0.2, 0) is 47.6 Å². The van der Waals surface area contributed by atoms with Crippen molar-refractivity contribution in [1.29, 1.82) is 0 Å². The van der Waals surface area contributed by atoms with Crippen LogP contribution in [0.25, 0.3) is 6.08 Å². The molecule has 3 aliphatic rings. The lowest BCUT2D eigenvalue weighted by Crippen LogP contribution is -2.65. The van der Waals surface area contributed by atoms with Crippen molar-refractivity contribution in [2.45, 2.75) is 80.4 Å². The minimum Gasteiger partial charge on any atom is -0.508 e. The maximum atomic E-state index is 12.1. The maximum absolute atomic E-state index is 12.1. The van der Waals surface area contributed by atoms with Crippen molar-refractivity contribution in [3.05, 3.63) is 47.2 Å². The van der Waals surface area contributed by atoms with E-state index in [1.807, 2.05) is 0 Å². The van der Waals surface area contributed by atoms with Gasteiger partial charge in [0, 0.05) is 17.7 Å². The first kappa shape index (κ1) is 40.7. The number of carboxylic acid groups (broad SMARTS) is 2. The zero-order valence-corrected chi connectivity index (χ0v) is 28.1. The Bertz CT molecular complexity index is 1790. The highest BCUT2D eigenvalue weighted by molar-refractivity contribution is 5.90. The number of rotatable bonds is 13. The summed E-state index contributed by atoms with van der Waals surface area (Å²) in [5.41, 5.74) is 0.0550. The number of ether oxygens (including phenoxy) is 7. The summed E-state index contributed by atoms with van der Waals surface area (Å²) in [5.74, 6) is -7.95. The Morgan fingerprint density at radius 1 is 0.655 bits per heavy atom. The van der Waals surface area contributed by atoms with Gasteiger partial charge in [0.05, 0.1) is 5.56 Å². The van der Waals surface area contributed by atoms with Crippen molar-refractivity contribution in [1.82, 2.24) is 0 Å². The lowest BCUT2D eigenvalue weighted by atomic mass is 9.96. The summed E-state index contributed by atoms with van der Waals surface area (Å²) in [7, 11) is 0. The van der Waals surface area contributed by atoms with E-state index in [1.54, 1.807) is 0 Å². The quantitative estimate of drug-likeness (QED) is 0.0576. The third-order valence-electron chi connectivity index (χ3n) is 8.46. The average Bonchev–Trinajstić information content (AvgIpc) is 3.10. The number of hydrogen-bond acceptors (Lipinski definition) is 20. The summed E-state index contributed by atoms with van der Waals surface area (Å²) in [6.07, 6.45) is -21.9. The number of esters is 2. The molecule has 22 nitrogen and oxygen atoms in total. The van der Waals surface area contributed by atoms with Gasteiger partial charge in [-0.05, 0) is 18.2 Å². The van der Waals surface area contributed by atoms with Crippen molar-refractivity contribution < 1.29 is 109 Å². The standard InChI is InChI=1S/C33H36O22/c34-12-4-15(36)13-6-18(30(51-17(13)5-12)11-1-2-14(35)16(37)3-11)52-33-29(48)31(26(45)20(54-33)10-50-24(43)8-22(40)41)55-32-28(47)27(46)25(44)19(53-32)9-49-23(42)7-21(38)39/h1-6,19-20,25-37,44-48H,7-10H2,(H,38,39)(H,40,41). The number of aliphatic hydroxyl groups is 5. The van der Waals surface area contributed by atoms with Gasteiger partial charge in [-0.2, -0.15) is 0 Å². The SMILES string of the molecule is O=C(O)CC(=O)OCC1OC(OC2C(O)C(COC(=O)CC(=O)O)OC(OC3=Cc4c(O)cc(O)cc4OC3c3ccc(O)c(O)c3)C2O)C(O)C(O)C1O. The molecule has 300 valence electrons. The molecule has 0 spiro atoms. The minimum absolute atomic E-state index is 0.0503. The molecular weight excluding hydrogens is 748 g/mol. The molecule has 11 atom stereocenters. The number of carboxylic acids is 2. The van der Waals surface area contributed by atoms with E-state index >= 15 is 0 Å². The van der Waals surface area contributed by atoms with E-state index in [4.69, 9.17) is 43.4 Å². The number of carbonyl (C=O) groups is 4. The van der Waals surface area contributed by atoms with Crippen LogP contribution in [0.15, 0.2) is 36.1 Å². The van der Waals surface area contributed by atoms with Crippen molar-refractivity contribution >= 4 is 30.0 Å². The third kappa shape index (κ3) is 9.44. The van der Waals surface area contributed by atoms with E-state index in [-0.39, 0.29) is 22.6 Å². The summed E-state index contributed by atoms with van der Waals surface area (Å²) in [6, 6.07) is 5.61. The summed E-state index contributed by atoms with van der Waals surface area (Å²) in [6.45, 7) is -1.73. The number of aliphatic hydroxyl groups excluding tert-OH is 5. The van der Waals surface area contributed by atoms with Crippen LogP contribution in [0.3, 0.4) is 0 Å². The molecule has 2 aromatic rings. The van der Waals surface area contributed by atoms with E-state index in [1.165, 1.54) is 12.1 Å². The fourth-order valence-corrected chi connectivity index (χ4v) is 5.73. The lowest BCUT2D eigenvalue weighted by molar-refractivity contribution is -0.357. The zero-order valence-electron chi connectivity index (χ0n) is 28.1. The fourth-order valence-electron chi connectivity index (χ4n) is 5.73. The molecule has 0 aromatic heterocycles. The average molecular weight is 785 g/mol. The number of phenolic OH excluding ortho intramolecular Hbond substituents is 4. The van der Waals surface area contributed by atoms with E-state index in [0.29, 0.717) is 0 Å². The normalized spacial score (nSPS) is 30.2. The Labute approximate surface area is 308 Å². The van der Waals surface area contributed by atoms with Gasteiger partial charge in [-0.1, -0.05) is 6.07 Å². The molecule has 2 aromatic carbocycles. The molecule has 22 heteroatoms. The lowest BCUT2D eigenvalue weighted by Gasteiger charge is -2.46. The Hall–Kier alpha value is -5.46. The highest BCUT2D eigenvalue weighted by Gasteiger charge is 2.52. The van der Waals surface area contributed by atoms with Gasteiger partial charge in [-0.15, -0.1) is 0 Å². The van der Waals surface area contributed by atoms with Crippen molar-refractivity contribution in [3.63, 3.8) is 0 Å². The third-order valence-corrected chi connectivity index (χ3v) is 8.46. The number of carbonyl (C=O) groups excluding carboxylic acids is 2. The van der Waals surface area contributed by atoms with Crippen LogP contribution < -0.4 is 4.74 Å². The number of aromatic hydroxyl groups is 4. The van der Waals surface area contributed by atoms with Gasteiger partial charge < -0.3 is 89.3 Å². The number of fused-ring (bicyclic) bond motifs is 1. The first-order chi connectivity index (χ1) is 25.9. The second-order valence-electron chi connectivity index (χ2n) is 12.4. The Morgan fingerprint density at radius 2 is 1.25 bits per heavy atom. The maximum Gasteiger partial charge on any atom is 0.317 e. The molecule has 0 radical (unpaired) electrons. The molecule has 0 aliphatic carbocycles. The van der Waals surface area contributed by atoms with Crippen LogP contribution in [0.4, 0.5) is 0 Å². The van der Waals surface area contributed by atoms with Gasteiger partial charge >= 0.3 is 23.9 Å². The van der Waals surface area contributed by atoms with E-state index in [2.05, 4.69) is 0 Å². The molecule has 0 saturated carbocycles.